The Labute approximate surface area is 94.8 Å². The van der Waals surface area contributed by atoms with Gasteiger partial charge in [-0.3, -0.25) is 9.00 Å². The monoisotopic (exact) mass is 244 g/mol. The van der Waals surface area contributed by atoms with Gasteiger partial charge in [-0.25, -0.2) is 4.98 Å². The van der Waals surface area contributed by atoms with Crippen molar-refractivity contribution in [2.45, 2.75) is 6.92 Å². The number of anilines is 1. The van der Waals surface area contributed by atoms with Crippen molar-refractivity contribution in [3.05, 3.63) is 11.1 Å². The number of hydrogen-bond acceptors (Lipinski definition) is 5. The fourth-order valence-electron chi connectivity index (χ4n) is 1.40. The second-order valence-corrected chi connectivity index (χ2v) is 5.94. The highest BCUT2D eigenvalue weighted by Crippen LogP contribution is 2.21. The van der Waals surface area contributed by atoms with Gasteiger partial charge in [0, 0.05) is 47.7 Å². The largest absolute Gasteiger partial charge is 0.346 e. The summed E-state index contributed by atoms with van der Waals surface area (Å²) in [6.45, 7) is 3.07. The molecule has 1 fully saturated rings. The molecule has 2 rings (SSSR count). The van der Waals surface area contributed by atoms with Gasteiger partial charge in [-0.15, -0.1) is 11.3 Å². The van der Waals surface area contributed by atoms with E-state index in [2.05, 4.69) is 9.88 Å². The number of ketones is 1. The van der Waals surface area contributed by atoms with Gasteiger partial charge in [0.15, 0.2) is 10.9 Å². The molecule has 1 aromatic heterocycles. The molecule has 0 atom stereocenters. The molecule has 2 heterocycles. The van der Waals surface area contributed by atoms with Gasteiger partial charge >= 0.3 is 0 Å². The van der Waals surface area contributed by atoms with Crippen LogP contribution < -0.4 is 4.90 Å². The molecule has 82 valence electrons. The van der Waals surface area contributed by atoms with E-state index in [1.165, 1.54) is 18.3 Å². The maximum atomic E-state index is 11.2. The smallest absolute Gasteiger partial charge is 0.186 e. The van der Waals surface area contributed by atoms with Crippen molar-refractivity contribution in [2.24, 2.45) is 0 Å². The first kappa shape index (κ1) is 10.8. The number of rotatable bonds is 2. The highest BCUT2D eigenvalue weighted by Gasteiger charge is 2.18. The van der Waals surface area contributed by atoms with Gasteiger partial charge in [-0.05, 0) is 0 Å². The van der Waals surface area contributed by atoms with E-state index in [0.717, 1.165) is 18.2 Å². The zero-order chi connectivity index (χ0) is 10.8. The van der Waals surface area contributed by atoms with E-state index in [0.29, 0.717) is 17.2 Å². The van der Waals surface area contributed by atoms with Crippen molar-refractivity contribution in [2.75, 3.05) is 29.5 Å². The van der Waals surface area contributed by atoms with Crippen molar-refractivity contribution in [3.63, 3.8) is 0 Å². The maximum Gasteiger partial charge on any atom is 0.186 e. The van der Waals surface area contributed by atoms with E-state index in [9.17, 15) is 9.00 Å². The molecule has 0 unspecified atom stereocenters. The molecule has 0 aromatic carbocycles. The quantitative estimate of drug-likeness (QED) is 0.726. The topological polar surface area (TPSA) is 50.3 Å². The third-order valence-corrected chi connectivity index (χ3v) is 4.48. The highest BCUT2D eigenvalue weighted by atomic mass is 32.2. The van der Waals surface area contributed by atoms with Crippen LogP contribution in [-0.2, 0) is 10.8 Å². The summed E-state index contributed by atoms with van der Waals surface area (Å²) in [5.41, 5.74) is 0.529. The number of thiazole rings is 1. The number of carbonyl (C=O) groups is 1. The van der Waals surface area contributed by atoms with E-state index < -0.39 is 10.8 Å². The molecule has 0 bridgehead atoms. The average Bonchev–Trinajstić information content (AvgIpc) is 2.68. The Balaban J connectivity index is 2.09. The first-order valence-electron chi connectivity index (χ1n) is 4.73. The molecule has 0 aliphatic carbocycles. The summed E-state index contributed by atoms with van der Waals surface area (Å²) in [7, 11) is -0.668. The highest BCUT2D eigenvalue weighted by molar-refractivity contribution is 7.85. The van der Waals surface area contributed by atoms with Crippen molar-refractivity contribution < 1.29 is 9.00 Å². The van der Waals surface area contributed by atoms with Gasteiger partial charge in [0.2, 0.25) is 0 Å². The Bertz CT molecular complexity index is 393. The van der Waals surface area contributed by atoms with Crippen LogP contribution in [0.15, 0.2) is 5.38 Å². The summed E-state index contributed by atoms with van der Waals surface area (Å²) in [5.74, 6) is 1.40. The summed E-state index contributed by atoms with van der Waals surface area (Å²) in [6, 6.07) is 0. The minimum atomic E-state index is -0.668. The summed E-state index contributed by atoms with van der Waals surface area (Å²) in [5, 5.41) is 2.65. The van der Waals surface area contributed by atoms with Gasteiger partial charge in [0.25, 0.3) is 0 Å². The number of carbonyl (C=O) groups excluding carboxylic acids is 1. The fraction of sp³-hybridized carbons (Fsp3) is 0.556. The van der Waals surface area contributed by atoms with Crippen LogP contribution in [0.1, 0.15) is 17.4 Å². The predicted molar refractivity (Wildman–Crippen MR) is 62.2 cm³/mol. The number of hydrogen-bond donors (Lipinski definition) is 0. The number of aromatic nitrogens is 1. The number of Topliss-reactive ketones (excluding diaryl/α,β-unsaturated/α-hetero) is 1. The minimum Gasteiger partial charge on any atom is -0.346 e. The van der Waals surface area contributed by atoms with E-state index in [4.69, 9.17) is 0 Å². The third-order valence-electron chi connectivity index (χ3n) is 2.30. The van der Waals surface area contributed by atoms with Crippen LogP contribution in [0.3, 0.4) is 0 Å². The van der Waals surface area contributed by atoms with Crippen LogP contribution in [0.5, 0.6) is 0 Å². The lowest BCUT2D eigenvalue weighted by Gasteiger charge is -2.25. The van der Waals surface area contributed by atoms with Gasteiger partial charge in [0.05, 0.1) is 0 Å². The average molecular weight is 244 g/mol. The molecule has 15 heavy (non-hydrogen) atoms. The lowest BCUT2D eigenvalue weighted by molar-refractivity contribution is 0.101. The molecule has 1 aliphatic heterocycles. The molecule has 0 amide bonds. The molecule has 0 saturated carbocycles. The van der Waals surface area contributed by atoms with Crippen LogP contribution in [-0.4, -0.2) is 39.6 Å². The van der Waals surface area contributed by atoms with E-state index in [1.807, 2.05) is 0 Å². The van der Waals surface area contributed by atoms with Gasteiger partial charge in [0.1, 0.15) is 5.69 Å². The lowest BCUT2D eigenvalue weighted by Crippen LogP contribution is -2.37. The molecular formula is C9H12N2O2S2. The standard InChI is InChI=1S/C9H12N2O2S2/c1-7(12)8-6-14-9(10-8)11-2-4-15(13)5-3-11/h6H,2-5H2,1H3. The van der Waals surface area contributed by atoms with E-state index >= 15 is 0 Å². The van der Waals surface area contributed by atoms with Crippen molar-refractivity contribution in [1.82, 2.24) is 4.98 Å². The van der Waals surface area contributed by atoms with Crippen molar-refractivity contribution in [3.8, 4) is 0 Å². The predicted octanol–water partition coefficient (Wildman–Crippen LogP) is 0.914. The molecule has 0 radical (unpaired) electrons. The Hall–Kier alpha value is -0.750. The van der Waals surface area contributed by atoms with Crippen LogP contribution in [0.25, 0.3) is 0 Å². The van der Waals surface area contributed by atoms with Gasteiger partial charge in [-0.1, -0.05) is 0 Å². The van der Waals surface area contributed by atoms with E-state index in [-0.39, 0.29) is 5.78 Å². The zero-order valence-corrected chi connectivity index (χ0v) is 10.1. The SMILES string of the molecule is CC(=O)c1csc(N2CCS(=O)CC2)n1. The third kappa shape index (κ3) is 2.43. The van der Waals surface area contributed by atoms with Crippen molar-refractivity contribution in [1.29, 1.82) is 0 Å². The number of nitrogens with zero attached hydrogens (tertiary/aromatic N) is 2. The van der Waals surface area contributed by atoms with Gasteiger partial charge in [-0.2, -0.15) is 0 Å². The Morgan fingerprint density at radius 1 is 1.53 bits per heavy atom. The normalized spacial score (nSPS) is 18.1. The Kier molecular flexibility index (Phi) is 3.16. The van der Waals surface area contributed by atoms with E-state index in [1.54, 1.807) is 5.38 Å². The zero-order valence-electron chi connectivity index (χ0n) is 8.43. The van der Waals surface area contributed by atoms with Crippen LogP contribution in [0.4, 0.5) is 5.13 Å². The molecule has 1 aromatic rings. The molecule has 0 N–H and O–H groups in total. The second kappa shape index (κ2) is 4.40. The lowest BCUT2D eigenvalue weighted by atomic mass is 10.4. The minimum absolute atomic E-state index is 0.00177. The molecule has 4 nitrogen and oxygen atoms in total. The molecule has 6 heteroatoms. The molecule has 0 spiro atoms. The van der Waals surface area contributed by atoms with Crippen LogP contribution in [0, 0.1) is 0 Å². The summed E-state index contributed by atoms with van der Waals surface area (Å²) >= 11 is 1.48. The van der Waals surface area contributed by atoms with Gasteiger partial charge < -0.3 is 4.90 Å². The van der Waals surface area contributed by atoms with Crippen molar-refractivity contribution >= 4 is 33.1 Å². The summed E-state index contributed by atoms with van der Waals surface area (Å²) in [4.78, 5) is 17.4. The Morgan fingerprint density at radius 3 is 2.73 bits per heavy atom. The first-order valence-corrected chi connectivity index (χ1v) is 7.10. The van der Waals surface area contributed by atoms with Crippen LogP contribution in [0.2, 0.25) is 0 Å². The Morgan fingerprint density at radius 2 is 2.20 bits per heavy atom. The first-order chi connectivity index (χ1) is 7.16. The maximum absolute atomic E-state index is 11.2. The summed E-state index contributed by atoms with van der Waals surface area (Å²) < 4.78 is 11.2. The molecular weight excluding hydrogens is 232 g/mol. The molecule has 1 aliphatic rings. The summed E-state index contributed by atoms with van der Waals surface area (Å²) in [6.07, 6.45) is 0. The molecule has 1 saturated heterocycles. The second-order valence-electron chi connectivity index (χ2n) is 3.41. The van der Waals surface area contributed by atoms with Crippen LogP contribution >= 0.6 is 11.3 Å². The fourth-order valence-corrected chi connectivity index (χ4v) is 3.37.